The highest BCUT2D eigenvalue weighted by molar-refractivity contribution is 6.21. The zero-order valence-corrected chi connectivity index (χ0v) is 24.1. The lowest BCUT2D eigenvalue weighted by Crippen LogP contribution is -1.98. The first-order valence-corrected chi connectivity index (χ1v) is 14.9. The third-order valence-corrected chi connectivity index (χ3v) is 8.80. The first kappa shape index (κ1) is 25.4. The first-order valence-electron chi connectivity index (χ1n) is 14.9. The summed E-state index contributed by atoms with van der Waals surface area (Å²) in [5, 5.41) is 5.14. The summed E-state index contributed by atoms with van der Waals surface area (Å²) in [7, 11) is 0. The molecule has 0 aliphatic heterocycles. The smallest absolute Gasteiger partial charge is 0.0703 e. The van der Waals surface area contributed by atoms with Crippen LogP contribution in [0.25, 0.3) is 72.3 Å². The predicted molar refractivity (Wildman–Crippen MR) is 181 cm³/mol. The van der Waals surface area contributed by atoms with E-state index in [0.29, 0.717) is 0 Å². The van der Waals surface area contributed by atoms with E-state index in [4.69, 9.17) is 4.98 Å². The Morgan fingerprint density at radius 1 is 0.512 bits per heavy atom. The number of pyridine rings is 2. The summed E-state index contributed by atoms with van der Waals surface area (Å²) < 4.78 is 0. The van der Waals surface area contributed by atoms with Gasteiger partial charge in [0.25, 0.3) is 0 Å². The largest absolute Gasteiger partial charge is 0.265 e. The van der Waals surface area contributed by atoms with Crippen molar-refractivity contribution < 1.29 is 0 Å². The Morgan fingerprint density at radius 2 is 1.09 bits per heavy atom. The molecule has 2 nitrogen and oxygen atoms in total. The number of hydrogen-bond donors (Lipinski definition) is 0. The molecule has 0 radical (unpaired) electrons. The van der Waals surface area contributed by atoms with Crippen LogP contribution in [0.5, 0.6) is 0 Å². The van der Waals surface area contributed by atoms with Gasteiger partial charge in [-0.15, -0.1) is 0 Å². The van der Waals surface area contributed by atoms with Gasteiger partial charge < -0.3 is 0 Å². The monoisotopic (exact) mass is 550 g/mol. The highest BCUT2D eigenvalue weighted by Crippen LogP contribution is 2.44. The standard InChI is InChI=1S/C41H30N2/c1-27-10-11-32-25-33(17-16-31(32)24-27)41-37-8-4-2-6-35(37)40(36-7-3-5-9-38(36)41)30-14-12-28(13-15-30)34-18-19-39(43-26-34)29-20-22-42-23-21-29/h2-9,12-26H,10-11H2,1H3. The number of benzene rings is 5. The maximum Gasteiger partial charge on any atom is 0.0703 e. The van der Waals surface area contributed by atoms with Crippen molar-refractivity contribution in [1.29, 1.82) is 0 Å². The Bertz CT molecular complexity index is 2100. The van der Waals surface area contributed by atoms with Crippen LogP contribution in [-0.4, -0.2) is 9.97 Å². The molecule has 0 N–H and O–H groups in total. The van der Waals surface area contributed by atoms with Crippen LogP contribution < -0.4 is 0 Å². The highest BCUT2D eigenvalue weighted by atomic mass is 14.7. The van der Waals surface area contributed by atoms with E-state index in [1.54, 1.807) is 12.4 Å². The van der Waals surface area contributed by atoms with E-state index < -0.39 is 0 Å². The van der Waals surface area contributed by atoms with Gasteiger partial charge in [0.1, 0.15) is 0 Å². The Balaban J connectivity index is 1.24. The van der Waals surface area contributed by atoms with Crippen LogP contribution in [-0.2, 0) is 6.42 Å². The first-order chi connectivity index (χ1) is 21.2. The van der Waals surface area contributed by atoms with Gasteiger partial charge in [-0.2, -0.15) is 0 Å². The summed E-state index contributed by atoms with van der Waals surface area (Å²) in [6.45, 7) is 2.24. The molecule has 0 fully saturated rings. The third kappa shape index (κ3) is 4.52. The second-order valence-electron chi connectivity index (χ2n) is 11.5. The van der Waals surface area contributed by atoms with Crippen LogP contribution in [0.2, 0.25) is 0 Å². The van der Waals surface area contributed by atoms with Crippen LogP contribution in [0.4, 0.5) is 0 Å². The normalized spacial score (nSPS) is 12.7. The lowest BCUT2D eigenvalue weighted by atomic mass is 9.84. The minimum atomic E-state index is 0.950. The van der Waals surface area contributed by atoms with Crippen LogP contribution in [0.1, 0.15) is 24.5 Å². The van der Waals surface area contributed by atoms with Crippen LogP contribution in [0.3, 0.4) is 0 Å². The maximum atomic E-state index is 4.73. The van der Waals surface area contributed by atoms with Crippen LogP contribution in [0, 0.1) is 0 Å². The molecule has 204 valence electrons. The Kier molecular flexibility index (Phi) is 6.19. The van der Waals surface area contributed by atoms with Crippen molar-refractivity contribution in [3.63, 3.8) is 0 Å². The number of hydrogen-bond acceptors (Lipinski definition) is 2. The number of aryl methyl sites for hydroxylation is 1. The molecule has 5 aromatic carbocycles. The van der Waals surface area contributed by atoms with Gasteiger partial charge in [0.15, 0.2) is 0 Å². The molecular weight excluding hydrogens is 520 g/mol. The molecule has 0 amide bonds. The zero-order valence-electron chi connectivity index (χ0n) is 24.1. The van der Waals surface area contributed by atoms with E-state index in [1.165, 1.54) is 60.5 Å². The molecule has 2 aromatic heterocycles. The summed E-state index contributed by atoms with van der Waals surface area (Å²) >= 11 is 0. The number of fused-ring (bicyclic) bond motifs is 3. The number of allylic oxidation sites excluding steroid dienone is 1. The van der Waals surface area contributed by atoms with Crippen molar-refractivity contribution in [2.75, 3.05) is 0 Å². The van der Waals surface area contributed by atoms with Crippen molar-refractivity contribution in [2.24, 2.45) is 0 Å². The van der Waals surface area contributed by atoms with Gasteiger partial charge in [-0.1, -0.05) is 109 Å². The Morgan fingerprint density at radius 3 is 1.72 bits per heavy atom. The van der Waals surface area contributed by atoms with Gasteiger partial charge in [-0.3, -0.25) is 9.97 Å². The van der Waals surface area contributed by atoms with E-state index in [0.717, 1.165) is 35.2 Å². The fourth-order valence-corrected chi connectivity index (χ4v) is 6.63. The molecule has 0 atom stereocenters. The molecule has 1 aliphatic carbocycles. The summed E-state index contributed by atoms with van der Waals surface area (Å²) in [5.41, 5.74) is 13.7. The summed E-state index contributed by atoms with van der Waals surface area (Å²) in [5.74, 6) is 0. The Labute approximate surface area is 252 Å². The van der Waals surface area contributed by atoms with Crippen molar-refractivity contribution in [3.8, 4) is 44.6 Å². The lowest BCUT2D eigenvalue weighted by molar-refractivity contribution is 0.928. The van der Waals surface area contributed by atoms with E-state index in [1.807, 2.05) is 18.3 Å². The minimum Gasteiger partial charge on any atom is -0.265 e. The summed E-state index contributed by atoms with van der Waals surface area (Å²) in [6.07, 6.45) is 10.1. The van der Waals surface area contributed by atoms with Crippen molar-refractivity contribution >= 4 is 27.6 Å². The average molecular weight is 551 g/mol. The van der Waals surface area contributed by atoms with E-state index in [9.17, 15) is 0 Å². The summed E-state index contributed by atoms with van der Waals surface area (Å²) in [4.78, 5) is 8.84. The molecule has 0 saturated carbocycles. The molecule has 43 heavy (non-hydrogen) atoms. The average Bonchev–Trinajstić information content (AvgIpc) is 3.07. The topological polar surface area (TPSA) is 25.8 Å². The second-order valence-corrected chi connectivity index (χ2v) is 11.5. The molecule has 2 heterocycles. The van der Waals surface area contributed by atoms with Gasteiger partial charge in [0, 0.05) is 29.7 Å². The predicted octanol–water partition coefficient (Wildman–Crippen LogP) is 10.8. The molecule has 0 bridgehead atoms. The number of nitrogens with zero attached hydrogens (tertiary/aromatic N) is 2. The van der Waals surface area contributed by atoms with Crippen LogP contribution >= 0.6 is 0 Å². The van der Waals surface area contributed by atoms with Gasteiger partial charge >= 0.3 is 0 Å². The SMILES string of the molecule is CC1=Cc2ccc(-c3c4ccccc4c(-c4ccc(-c5ccc(-c6ccncc6)nc5)cc4)c4ccccc34)cc2CC1. The van der Waals surface area contributed by atoms with Crippen molar-refractivity contribution in [3.05, 3.63) is 151 Å². The van der Waals surface area contributed by atoms with Crippen molar-refractivity contribution in [2.45, 2.75) is 19.8 Å². The van der Waals surface area contributed by atoms with Gasteiger partial charge in [-0.25, -0.2) is 0 Å². The number of aromatic nitrogens is 2. The zero-order chi connectivity index (χ0) is 28.8. The fraction of sp³-hybridized carbons (Fsp3) is 0.0732. The minimum absolute atomic E-state index is 0.950. The van der Waals surface area contributed by atoms with Gasteiger partial charge in [-0.05, 0) is 98.5 Å². The highest BCUT2D eigenvalue weighted by Gasteiger charge is 2.18. The van der Waals surface area contributed by atoms with Gasteiger partial charge in [0.05, 0.1) is 5.69 Å². The molecule has 0 spiro atoms. The molecular formula is C41H30N2. The molecule has 8 rings (SSSR count). The van der Waals surface area contributed by atoms with Gasteiger partial charge in [0.2, 0.25) is 0 Å². The molecule has 7 aromatic rings. The van der Waals surface area contributed by atoms with E-state index in [2.05, 4.69) is 121 Å². The van der Waals surface area contributed by atoms with E-state index >= 15 is 0 Å². The van der Waals surface area contributed by atoms with Crippen molar-refractivity contribution in [1.82, 2.24) is 9.97 Å². The lowest BCUT2D eigenvalue weighted by Gasteiger charge is -2.20. The molecule has 0 saturated heterocycles. The molecule has 1 aliphatic rings. The number of rotatable bonds is 4. The Hall–Kier alpha value is -5.34. The third-order valence-electron chi connectivity index (χ3n) is 8.80. The summed E-state index contributed by atoms with van der Waals surface area (Å²) in [6, 6.07) is 42.0. The second kappa shape index (κ2) is 10.5. The van der Waals surface area contributed by atoms with Crippen LogP contribution in [0.15, 0.2) is 139 Å². The maximum absolute atomic E-state index is 4.73. The molecule has 2 heteroatoms. The quantitative estimate of drug-likeness (QED) is 0.204. The fourth-order valence-electron chi connectivity index (χ4n) is 6.63. The van der Waals surface area contributed by atoms with E-state index in [-0.39, 0.29) is 0 Å². The molecule has 0 unspecified atom stereocenters.